The molecule has 0 aromatic carbocycles. The van der Waals surface area contributed by atoms with Gasteiger partial charge in [-0.1, -0.05) is 40.5 Å². The number of carbonyl (C=O) groups excluding carboxylic acids is 1. The molecule has 100 valence electrons. The molecule has 1 fully saturated rings. The Hall–Kier alpha value is -0.153. The van der Waals surface area contributed by atoms with Crippen molar-refractivity contribution < 1.29 is 9.22 Å². The van der Waals surface area contributed by atoms with Crippen molar-refractivity contribution in [3.05, 3.63) is 0 Å². The van der Waals surface area contributed by atoms with E-state index in [9.17, 15) is 4.79 Å². The third kappa shape index (κ3) is 3.65. The molecular formula is C14H28O2Si. The molecule has 17 heavy (non-hydrogen) atoms. The lowest BCUT2D eigenvalue weighted by atomic mass is 10.0. The van der Waals surface area contributed by atoms with E-state index in [1.807, 2.05) is 0 Å². The van der Waals surface area contributed by atoms with Crippen LogP contribution in [0, 0.1) is 5.92 Å². The van der Waals surface area contributed by atoms with E-state index in [4.69, 9.17) is 4.43 Å². The SMILES string of the molecule is CCCC1CC(=O)C(O[Si](C)(C)C(C)(C)C)C1. The predicted molar refractivity (Wildman–Crippen MR) is 74.7 cm³/mol. The molecule has 1 rings (SSSR count). The summed E-state index contributed by atoms with van der Waals surface area (Å²) in [7, 11) is -1.79. The Labute approximate surface area is 107 Å². The van der Waals surface area contributed by atoms with Crippen LogP contribution in [-0.4, -0.2) is 20.2 Å². The quantitative estimate of drug-likeness (QED) is 0.706. The average Bonchev–Trinajstić information content (AvgIpc) is 2.44. The van der Waals surface area contributed by atoms with Gasteiger partial charge in [0.05, 0.1) is 0 Å². The maximum atomic E-state index is 12.0. The normalized spacial score (nSPS) is 26.6. The Morgan fingerprint density at radius 2 is 1.94 bits per heavy atom. The lowest BCUT2D eigenvalue weighted by Gasteiger charge is -2.38. The van der Waals surface area contributed by atoms with Crippen molar-refractivity contribution >= 4 is 14.1 Å². The molecule has 0 heterocycles. The Morgan fingerprint density at radius 1 is 1.35 bits per heavy atom. The molecule has 0 aromatic heterocycles. The maximum Gasteiger partial charge on any atom is 0.193 e. The summed E-state index contributed by atoms with van der Waals surface area (Å²) in [5.41, 5.74) is 0. The van der Waals surface area contributed by atoms with Gasteiger partial charge in [-0.3, -0.25) is 4.79 Å². The Morgan fingerprint density at radius 3 is 2.41 bits per heavy atom. The van der Waals surface area contributed by atoms with Gasteiger partial charge in [0, 0.05) is 6.42 Å². The summed E-state index contributed by atoms with van der Waals surface area (Å²) >= 11 is 0. The highest BCUT2D eigenvalue weighted by molar-refractivity contribution is 6.74. The highest BCUT2D eigenvalue weighted by Gasteiger charge is 2.43. The van der Waals surface area contributed by atoms with E-state index in [-0.39, 0.29) is 11.1 Å². The molecule has 0 radical (unpaired) electrons. The number of carbonyl (C=O) groups is 1. The van der Waals surface area contributed by atoms with Crippen LogP contribution in [0.2, 0.25) is 18.1 Å². The van der Waals surface area contributed by atoms with Crippen molar-refractivity contribution in [1.29, 1.82) is 0 Å². The number of hydrogen-bond acceptors (Lipinski definition) is 2. The van der Waals surface area contributed by atoms with Gasteiger partial charge in [-0.2, -0.15) is 0 Å². The fourth-order valence-electron chi connectivity index (χ4n) is 2.21. The van der Waals surface area contributed by atoms with Crippen LogP contribution in [0.1, 0.15) is 53.4 Å². The zero-order valence-electron chi connectivity index (χ0n) is 12.3. The molecule has 2 unspecified atom stereocenters. The maximum absolute atomic E-state index is 12.0. The van der Waals surface area contributed by atoms with Crippen molar-refractivity contribution in [3.63, 3.8) is 0 Å². The average molecular weight is 256 g/mol. The van der Waals surface area contributed by atoms with Crippen LogP contribution >= 0.6 is 0 Å². The van der Waals surface area contributed by atoms with Crippen LogP contribution in [0.4, 0.5) is 0 Å². The summed E-state index contributed by atoms with van der Waals surface area (Å²) < 4.78 is 6.24. The van der Waals surface area contributed by atoms with Crippen molar-refractivity contribution in [2.24, 2.45) is 5.92 Å². The zero-order chi connectivity index (χ0) is 13.3. The third-order valence-electron chi connectivity index (χ3n) is 4.34. The van der Waals surface area contributed by atoms with Crippen LogP contribution < -0.4 is 0 Å². The molecular weight excluding hydrogens is 228 g/mol. The van der Waals surface area contributed by atoms with Gasteiger partial charge in [0.15, 0.2) is 14.1 Å². The van der Waals surface area contributed by atoms with Gasteiger partial charge in [0.2, 0.25) is 0 Å². The van der Waals surface area contributed by atoms with Gasteiger partial charge in [-0.25, -0.2) is 0 Å². The van der Waals surface area contributed by atoms with E-state index < -0.39 is 8.32 Å². The summed E-state index contributed by atoms with van der Waals surface area (Å²) in [6.45, 7) is 13.3. The first kappa shape index (κ1) is 14.9. The molecule has 0 aliphatic heterocycles. The Balaban J connectivity index is 2.61. The molecule has 0 spiro atoms. The fraction of sp³-hybridized carbons (Fsp3) is 0.929. The molecule has 1 aliphatic carbocycles. The van der Waals surface area contributed by atoms with Gasteiger partial charge in [0.1, 0.15) is 6.10 Å². The van der Waals surface area contributed by atoms with Crippen LogP contribution in [0.15, 0.2) is 0 Å². The second kappa shape index (κ2) is 5.23. The van der Waals surface area contributed by atoms with E-state index >= 15 is 0 Å². The second-order valence-corrected chi connectivity index (χ2v) is 11.7. The monoisotopic (exact) mass is 256 g/mol. The van der Waals surface area contributed by atoms with E-state index in [2.05, 4.69) is 40.8 Å². The smallest absolute Gasteiger partial charge is 0.193 e. The molecule has 2 atom stereocenters. The number of hydrogen-bond donors (Lipinski definition) is 0. The molecule has 1 saturated carbocycles. The highest BCUT2D eigenvalue weighted by Crippen LogP contribution is 2.40. The summed E-state index contributed by atoms with van der Waals surface area (Å²) in [6.07, 6.45) is 3.94. The topological polar surface area (TPSA) is 26.3 Å². The van der Waals surface area contributed by atoms with E-state index in [0.29, 0.717) is 11.7 Å². The van der Waals surface area contributed by atoms with E-state index in [0.717, 1.165) is 12.8 Å². The van der Waals surface area contributed by atoms with Crippen LogP contribution in [-0.2, 0) is 9.22 Å². The lowest BCUT2D eigenvalue weighted by molar-refractivity contribution is -0.123. The minimum atomic E-state index is -1.79. The first-order chi connectivity index (χ1) is 7.67. The van der Waals surface area contributed by atoms with Crippen molar-refractivity contribution in [3.8, 4) is 0 Å². The summed E-state index contributed by atoms with van der Waals surface area (Å²) in [5.74, 6) is 0.913. The number of Topliss-reactive ketones (excluding diaryl/α,β-unsaturated/α-hetero) is 1. The van der Waals surface area contributed by atoms with Crippen LogP contribution in [0.25, 0.3) is 0 Å². The Kier molecular flexibility index (Phi) is 4.58. The van der Waals surface area contributed by atoms with Gasteiger partial charge in [-0.15, -0.1) is 0 Å². The predicted octanol–water partition coefficient (Wildman–Crippen LogP) is 4.16. The van der Waals surface area contributed by atoms with Gasteiger partial charge in [-0.05, 0) is 30.5 Å². The second-order valence-electron chi connectivity index (χ2n) is 6.93. The molecule has 0 saturated heterocycles. The van der Waals surface area contributed by atoms with Crippen molar-refractivity contribution in [1.82, 2.24) is 0 Å². The molecule has 3 heteroatoms. The minimum Gasteiger partial charge on any atom is -0.407 e. The molecule has 0 N–H and O–H groups in total. The largest absolute Gasteiger partial charge is 0.407 e. The first-order valence-corrected chi connectivity index (χ1v) is 9.78. The lowest BCUT2D eigenvalue weighted by Crippen LogP contribution is -2.44. The summed E-state index contributed by atoms with van der Waals surface area (Å²) in [4.78, 5) is 12.0. The molecule has 0 bridgehead atoms. The zero-order valence-corrected chi connectivity index (χ0v) is 13.3. The van der Waals surface area contributed by atoms with Gasteiger partial charge >= 0.3 is 0 Å². The van der Waals surface area contributed by atoms with Crippen LogP contribution in [0.3, 0.4) is 0 Å². The van der Waals surface area contributed by atoms with E-state index in [1.165, 1.54) is 12.8 Å². The minimum absolute atomic E-state index is 0.104. The number of ketones is 1. The molecule has 0 aromatic rings. The van der Waals surface area contributed by atoms with Crippen LogP contribution in [0.5, 0.6) is 0 Å². The van der Waals surface area contributed by atoms with E-state index in [1.54, 1.807) is 0 Å². The fourth-order valence-corrected chi connectivity index (χ4v) is 3.50. The van der Waals surface area contributed by atoms with Crippen molar-refractivity contribution in [2.45, 2.75) is 77.6 Å². The Bertz CT molecular complexity index is 278. The van der Waals surface area contributed by atoms with Gasteiger partial charge < -0.3 is 4.43 Å². The third-order valence-corrected chi connectivity index (χ3v) is 8.82. The summed E-state index contributed by atoms with van der Waals surface area (Å²) in [6, 6.07) is 0. The van der Waals surface area contributed by atoms with Gasteiger partial charge in [0.25, 0.3) is 0 Å². The highest BCUT2D eigenvalue weighted by atomic mass is 28.4. The van der Waals surface area contributed by atoms with Crippen molar-refractivity contribution in [2.75, 3.05) is 0 Å². The molecule has 2 nitrogen and oxygen atoms in total. The number of rotatable bonds is 4. The standard InChI is InChI=1S/C14H28O2Si/c1-7-8-11-9-12(15)13(10-11)16-17(5,6)14(2,3)4/h11,13H,7-10H2,1-6H3. The first-order valence-electron chi connectivity index (χ1n) is 6.88. The summed E-state index contributed by atoms with van der Waals surface area (Å²) in [5, 5.41) is 0.191. The molecule has 0 amide bonds. The molecule has 1 aliphatic rings.